The van der Waals surface area contributed by atoms with Gasteiger partial charge in [0.15, 0.2) is 17.5 Å². The molecule has 0 N–H and O–H groups in total. The van der Waals surface area contributed by atoms with Crippen LogP contribution in [0.5, 0.6) is 0 Å². The summed E-state index contributed by atoms with van der Waals surface area (Å²) in [6, 6.07) is 72.0. The Morgan fingerprint density at radius 3 is 1.00 bits per heavy atom. The van der Waals surface area contributed by atoms with Gasteiger partial charge in [-0.05, 0) is 60.7 Å². The summed E-state index contributed by atoms with van der Waals surface area (Å²) in [5, 5.41) is 9.12. The Hall–Kier alpha value is -11.5. The molecule has 0 saturated heterocycles. The van der Waals surface area contributed by atoms with Crippen molar-refractivity contribution in [2.24, 2.45) is 0 Å². The van der Waals surface area contributed by atoms with Crippen LogP contribution in [-0.2, 0) is 0 Å². The second kappa shape index (κ2) is 18.5. The summed E-state index contributed by atoms with van der Waals surface area (Å²) < 4.78 is 10.7. The van der Waals surface area contributed by atoms with Crippen LogP contribution in [0.3, 0.4) is 0 Å². The standard InChI is InChI=1S/C72H42N12S/c1-3-17-43(18-4-1)69-78-70(44-19-5-2-6-20-44)80-71(79-69)63-64(72-77-53-25-11-16-30-62(53)85-72)66(82-55-27-13-8-22-46(55)50-32-36-74-40-59(50)82)68(84-57-29-15-10-24-48(57)52-34-38-76-42-61(52)84)67(83-56-28-14-9-23-47(56)51-33-37-75-41-60(51)83)65(63)81-54-26-12-7-21-45(54)49-31-35-73-39-58(49)81/h1-42H. The van der Waals surface area contributed by atoms with Gasteiger partial charge in [-0.2, -0.15) is 0 Å². The van der Waals surface area contributed by atoms with E-state index in [0.29, 0.717) is 23.0 Å². The van der Waals surface area contributed by atoms with E-state index in [0.717, 1.165) is 142 Å². The van der Waals surface area contributed by atoms with Gasteiger partial charge >= 0.3 is 0 Å². The number of para-hydroxylation sites is 5. The maximum absolute atomic E-state index is 5.82. The minimum absolute atomic E-state index is 0.433. The van der Waals surface area contributed by atoms with Gasteiger partial charge in [-0.15, -0.1) is 11.3 Å². The molecule has 10 heterocycles. The van der Waals surface area contributed by atoms with Crippen LogP contribution in [0, 0.1) is 0 Å². The Morgan fingerprint density at radius 2 is 0.588 bits per heavy atom. The first-order valence-electron chi connectivity index (χ1n) is 28.0. The molecule has 0 atom stereocenters. The van der Waals surface area contributed by atoms with E-state index in [2.05, 4.69) is 188 Å². The molecule has 0 spiro atoms. The number of hydrogen-bond acceptors (Lipinski definition) is 9. The number of benzene rings is 8. The summed E-state index contributed by atoms with van der Waals surface area (Å²) in [5.74, 6) is 1.46. The van der Waals surface area contributed by atoms with Crippen molar-refractivity contribution in [3.05, 3.63) is 256 Å². The lowest BCUT2D eigenvalue weighted by Crippen LogP contribution is -2.17. The van der Waals surface area contributed by atoms with Crippen molar-refractivity contribution in [2.75, 3.05) is 0 Å². The molecule has 0 bridgehead atoms. The number of fused-ring (bicyclic) bond motifs is 13. The summed E-state index contributed by atoms with van der Waals surface area (Å²) >= 11 is 1.65. The fourth-order valence-electron chi connectivity index (χ4n) is 13.1. The smallest absolute Gasteiger partial charge is 0.167 e. The second-order valence-corrected chi connectivity index (χ2v) is 22.2. The van der Waals surface area contributed by atoms with Gasteiger partial charge in [-0.3, -0.25) is 19.9 Å². The summed E-state index contributed by atoms with van der Waals surface area (Å²) in [7, 11) is 0. The zero-order valence-corrected chi connectivity index (χ0v) is 45.8. The average Bonchev–Trinajstić information content (AvgIpc) is 1.70. The molecule has 0 aliphatic heterocycles. The number of pyridine rings is 4. The van der Waals surface area contributed by atoms with E-state index in [9.17, 15) is 0 Å². The van der Waals surface area contributed by atoms with Gasteiger partial charge in [0.2, 0.25) is 0 Å². The van der Waals surface area contributed by atoms with Crippen LogP contribution in [0.4, 0.5) is 0 Å². The highest BCUT2D eigenvalue weighted by atomic mass is 32.1. The Labute approximate surface area is 487 Å². The molecule has 85 heavy (non-hydrogen) atoms. The van der Waals surface area contributed by atoms with Gasteiger partial charge in [0.05, 0.1) is 113 Å². The molecule has 396 valence electrons. The van der Waals surface area contributed by atoms with E-state index in [1.165, 1.54) is 0 Å². The van der Waals surface area contributed by atoms with E-state index < -0.39 is 0 Å². The van der Waals surface area contributed by atoms with Crippen LogP contribution in [0.2, 0.25) is 0 Å². The molecule has 8 aromatic carbocycles. The van der Waals surface area contributed by atoms with E-state index >= 15 is 0 Å². The first kappa shape index (κ1) is 47.1. The van der Waals surface area contributed by atoms with Crippen LogP contribution in [0.15, 0.2) is 256 Å². The molecule has 0 saturated carbocycles. The number of thiazole rings is 1. The minimum atomic E-state index is 0.433. The second-order valence-electron chi connectivity index (χ2n) is 21.2. The predicted octanol–water partition coefficient (Wildman–Crippen LogP) is 17.1. The molecular weight excluding hydrogens is 1060 g/mol. The van der Waals surface area contributed by atoms with Crippen LogP contribution in [0.25, 0.3) is 165 Å². The van der Waals surface area contributed by atoms with Crippen molar-refractivity contribution in [3.8, 4) is 67.5 Å². The van der Waals surface area contributed by atoms with Crippen LogP contribution in [-0.4, -0.2) is 58.1 Å². The van der Waals surface area contributed by atoms with Crippen molar-refractivity contribution in [3.63, 3.8) is 0 Å². The molecule has 0 fully saturated rings. The van der Waals surface area contributed by atoms with Crippen molar-refractivity contribution in [1.82, 2.24) is 58.1 Å². The molecule has 0 amide bonds. The lowest BCUT2D eigenvalue weighted by atomic mass is 9.96. The number of hydrogen-bond donors (Lipinski definition) is 0. The van der Waals surface area contributed by atoms with Gasteiger partial charge in [0, 0.05) is 79.0 Å². The van der Waals surface area contributed by atoms with E-state index in [1.54, 1.807) is 11.3 Å². The first-order valence-corrected chi connectivity index (χ1v) is 28.9. The largest absolute Gasteiger partial charge is 0.305 e. The summed E-state index contributed by atoms with van der Waals surface area (Å²) in [5.41, 5.74) is 14.7. The predicted molar refractivity (Wildman–Crippen MR) is 343 cm³/mol. The summed E-state index contributed by atoms with van der Waals surface area (Å²) in [6.07, 6.45) is 15.5. The van der Waals surface area contributed by atoms with Crippen molar-refractivity contribution in [1.29, 1.82) is 0 Å². The van der Waals surface area contributed by atoms with Crippen LogP contribution >= 0.6 is 11.3 Å². The van der Waals surface area contributed by atoms with Crippen molar-refractivity contribution in [2.45, 2.75) is 0 Å². The Balaban J connectivity index is 1.22. The molecule has 18 aromatic rings. The van der Waals surface area contributed by atoms with Crippen molar-refractivity contribution >= 4 is 109 Å². The minimum Gasteiger partial charge on any atom is -0.305 e. The molecule has 0 aliphatic carbocycles. The number of aromatic nitrogens is 12. The fourth-order valence-corrected chi connectivity index (χ4v) is 14.1. The van der Waals surface area contributed by atoms with Gasteiger partial charge in [-0.25, -0.2) is 19.9 Å². The number of nitrogens with zero attached hydrogens (tertiary/aromatic N) is 12. The third-order valence-corrected chi connectivity index (χ3v) is 17.7. The maximum Gasteiger partial charge on any atom is 0.167 e. The lowest BCUT2D eigenvalue weighted by Gasteiger charge is -2.30. The number of rotatable bonds is 8. The third-order valence-electron chi connectivity index (χ3n) is 16.6. The fraction of sp³-hybridized carbons (Fsp3) is 0. The van der Waals surface area contributed by atoms with Crippen LogP contribution in [0.1, 0.15) is 0 Å². The van der Waals surface area contributed by atoms with Gasteiger partial charge in [-0.1, -0.05) is 146 Å². The molecule has 13 heteroatoms. The Kier molecular flexibility index (Phi) is 10.3. The third kappa shape index (κ3) is 6.95. The molecule has 10 aromatic heterocycles. The van der Waals surface area contributed by atoms with Gasteiger partial charge in [0.25, 0.3) is 0 Å². The Bertz CT molecular complexity index is 5450. The molecule has 0 radical (unpaired) electrons. The van der Waals surface area contributed by atoms with Gasteiger partial charge in [0.1, 0.15) is 5.01 Å². The summed E-state index contributed by atoms with van der Waals surface area (Å²) in [6.45, 7) is 0. The first-order chi connectivity index (χ1) is 42.2. The summed E-state index contributed by atoms with van der Waals surface area (Å²) in [4.78, 5) is 42.7. The average molecular weight is 1110 g/mol. The van der Waals surface area contributed by atoms with E-state index in [-0.39, 0.29) is 0 Å². The SMILES string of the molecule is c1ccc(-c2nc(-c3ccccc3)nc(-c3c(-c4nc5ccccc5s4)c(-n4c5ccccc5c5ccncc54)c(-n4c5ccccc5c5ccncc54)c(-n4c5ccccc5c5ccncc54)c3-n3c4ccccc4c4ccncc43)n2)cc1. The van der Waals surface area contributed by atoms with E-state index in [4.69, 9.17) is 39.9 Å². The quantitative estimate of drug-likeness (QED) is 0.147. The molecular formula is C72H42N12S. The molecule has 12 nitrogen and oxygen atoms in total. The molecule has 0 aliphatic rings. The molecule has 18 rings (SSSR count). The highest BCUT2D eigenvalue weighted by molar-refractivity contribution is 7.21. The zero-order valence-electron chi connectivity index (χ0n) is 45.0. The van der Waals surface area contributed by atoms with Gasteiger partial charge < -0.3 is 18.3 Å². The highest BCUT2D eigenvalue weighted by Crippen LogP contribution is 2.55. The highest BCUT2D eigenvalue weighted by Gasteiger charge is 2.38. The maximum atomic E-state index is 5.82. The lowest BCUT2D eigenvalue weighted by molar-refractivity contribution is 1.01. The topological polar surface area (TPSA) is 123 Å². The van der Waals surface area contributed by atoms with E-state index in [1.807, 2.05) is 86.0 Å². The normalized spacial score (nSPS) is 12.0. The van der Waals surface area contributed by atoms with Crippen LogP contribution < -0.4 is 0 Å². The van der Waals surface area contributed by atoms with Crippen molar-refractivity contribution < 1.29 is 0 Å². The zero-order chi connectivity index (χ0) is 55.7. The Morgan fingerprint density at radius 1 is 0.259 bits per heavy atom. The molecule has 0 unspecified atom stereocenters. The monoisotopic (exact) mass is 1110 g/mol.